The molecule has 0 fully saturated rings. The molecule has 1 aromatic rings. The minimum atomic E-state index is -0.0187. The normalized spacial score (nSPS) is 12.9. The highest BCUT2D eigenvalue weighted by molar-refractivity contribution is 5.25. The topological polar surface area (TPSA) is 52.0 Å². The van der Waals surface area contributed by atoms with Crippen molar-refractivity contribution in [3.63, 3.8) is 0 Å². The number of methoxy groups -OCH3 is 1. The highest BCUT2D eigenvalue weighted by Crippen LogP contribution is 2.16. The van der Waals surface area contributed by atoms with Gasteiger partial charge in [-0.3, -0.25) is 4.57 Å². The lowest BCUT2D eigenvalue weighted by atomic mass is 10.4. The number of nitrogens with one attached hydrogen (secondary N) is 1. The molecule has 0 aromatic carbocycles. The summed E-state index contributed by atoms with van der Waals surface area (Å²) in [5.41, 5.74) is 0. The second-order valence-electron chi connectivity index (χ2n) is 3.03. The van der Waals surface area contributed by atoms with Crippen LogP contribution in [0.4, 0.5) is 5.95 Å². The summed E-state index contributed by atoms with van der Waals surface area (Å²) in [6, 6.07) is 0. The van der Waals surface area contributed by atoms with Crippen LogP contribution >= 0.6 is 0 Å². The van der Waals surface area contributed by atoms with Crippen molar-refractivity contribution in [2.45, 2.75) is 33.4 Å². The Kier molecular flexibility index (Phi) is 3.88. The predicted octanol–water partition coefficient (Wildman–Crippen LogP) is 1.44. The summed E-state index contributed by atoms with van der Waals surface area (Å²) in [5, 5.41) is 11.3. The molecule has 80 valence electrons. The molecule has 0 spiro atoms. The van der Waals surface area contributed by atoms with Gasteiger partial charge in [-0.05, 0) is 20.8 Å². The van der Waals surface area contributed by atoms with Gasteiger partial charge in [0.1, 0.15) is 6.10 Å². The quantitative estimate of drug-likeness (QED) is 0.777. The van der Waals surface area contributed by atoms with E-state index in [1.165, 1.54) is 0 Å². The molecule has 0 saturated carbocycles. The molecule has 1 aromatic heterocycles. The van der Waals surface area contributed by atoms with E-state index >= 15 is 0 Å². The van der Waals surface area contributed by atoms with E-state index in [4.69, 9.17) is 4.74 Å². The molecular weight excluding hydrogens is 180 g/mol. The summed E-state index contributed by atoms with van der Waals surface area (Å²) in [6.07, 6.45) is -0.0187. The van der Waals surface area contributed by atoms with E-state index in [1.807, 2.05) is 18.4 Å². The smallest absolute Gasteiger partial charge is 0.224 e. The molecule has 5 heteroatoms. The second-order valence-corrected chi connectivity index (χ2v) is 3.03. The van der Waals surface area contributed by atoms with Crippen LogP contribution in [-0.2, 0) is 11.3 Å². The van der Waals surface area contributed by atoms with Crippen molar-refractivity contribution in [3.05, 3.63) is 5.82 Å². The van der Waals surface area contributed by atoms with Gasteiger partial charge in [0.2, 0.25) is 5.95 Å². The van der Waals surface area contributed by atoms with Crippen molar-refractivity contribution in [3.8, 4) is 0 Å². The number of ether oxygens (including phenoxy) is 1. The SMILES string of the molecule is CCNc1nnc(C(C)OC)n1CC. The Morgan fingerprint density at radius 2 is 2.14 bits per heavy atom. The molecule has 1 N–H and O–H groups in total. The Labute approximate surface area is 84.5 Å². The van der Waals surface area contributed by atoms with Crippen LogP contribution in [0, 0.1) is 0 Å². The van der Waals surface area contributed by atoms with Gasteiger partial charge in [0, 0.05) is 20.2 Å². The van der Waals surface area contributed by atoms with E-state index in [-0.39, 0.29) is 6.10 Å². The van der Waals surface area contributed by atoms with E-state index in [1.54, 1.807) is 7.11 Å². The van der Waals surface area contributed by atoms with Gasteiger partial charge in [-0.2, -0.15) is 0 Å². The number of hydrogen-bond donors (Lipinski definition) is 1. The van der Waals surface area contributed by atoms with Crippen molar-refractivity contribution >= 4 is 5.95 Å². The average molecular weight is 198 g/mol. The number of hydrogen-bond acceptors (Lipinski definition) is 4. The Balaban J connectivity index is 2.94. The first-order chi connectivity index (χ1) is 6.74. The van der Waals surface area contributed by atoms with Gasteiger partial charge in [0.25, 0.3) is 0 Å². The van der Waals surface area contributed by atoms with E-state index in [2.05, 4.69) is 22.4 Å². The molecule has 0 amide bonds. The van der Waals surface area contributed by atoms with Crippen molar-refractivity contribution in [1.29, 1.82) is 0 Å². The predicted molar refractivity (Wildman–Crippen MR) is 55.3 cm³/mol. The van der Waals surface area contributed by atoms with E-state index in [0.717, 1.165) is 24.9 Å². The molecule has 14 heavy (non-hydrogen) atoms. The molecule has 1 rings (SSSR count). The lowest BCUT2D eigenvalue weighted by Gasteiger charge is -2.11. The molecule has 0 aliphatic rings. The maximum atomic E-state index is 5.22. The van der Waals surface area contributed by atoms with Gasteiger partial charge in [0.15, 0.2) is 5.82 Å². The fraction of sp³-hybridized carbons (Fsp3) is 0.778. The highest BCUT2D eigenvalue weighted by Gasteiger charge is 2.15. The molecule has 1 unspecified atom stereocenters. The Hall–Kier alpha value is -1.10. The first kappa shape index (κ1) is 11.0. The van der Waals surface area contributed by atoms with E-state index < -0.39 is 0 Å². The van der Waals surface area contributed by atoms with Crippen LogP contribution in [0.25, 0.3) is 0 Å². The van der Waals surface area contributed by atoms with Gasteiger partial charge >= 0.3 is 0 Å². The number of nitrogens with zero attached hydrogens (tertiary/aromatic N) is 3. The molecule has 0 bridgehead atoms. The molecule has 1 atom stereocenters. The lowest BCUT2D eigenvalue weighted by Crippen LogP contribution is -2.11. The summed E-state index contributed by atoms with van der Waals surface area (Å²) in [7, 11) is 1.67. The third-order valence-electron chi connectivity index (χ3n) is 2.15. The standard InChI is InChI=1S/C9H18N4O/c1-5-10-9-12-11-8(7(3)14-4)13(9)6-2/h7H,5-6H2,1-4H3,(H,10,12). The Morgan fingerprint density at radius 3 is 2.64 bits per heavy atom. The van der Waals surface area contributed by atoms with Crippen LogP contribution in [0.2, 0.25) is 0 Å². The van der Waals surface area contributed by atoms with Gasteiger partial charge in [0.05, 0.1) is 0 Å². The first-order valence-corrected chi connectivity index (χ1v) is 4.94. The Morgan fingerprint density at radius 1 is 1.43 bits per heavy atom. The minimum absolute atomic E-state index is 0.0187. The van der Waals surface area contributed by atoms with Crippen LogP contribution in [-0.4, -0.2) is 28.4 Å². The maximum absolute atomic E-state index is 5.22. The zero-order chi connectivity index (χ0) is 10.6. The second kappa shape index (κ2) is 4.95. The van der Waals surface area contributed by atoms with Crippen molar-refractivity contribution < 1.29 is 4.74 Å². The van der Waals surface area contributed by atoms with Gasteiger partial charge in [-0.25, -0.2) is 0 Å². The molecule has 1 heterocycles. The first-order valence-electron chi connectivity index (χ1n) is 4.94. The summed E-state index contributed by atoms with van der Waals surface area (Å²) < 4.78 is 7.24. The minimum Gasteiger partial charge on any atom is -0.374 e. The monoisotopic (exact) mass is 198 g/mol. The Bertz CT molecular complexity index is 284. The average Bonchev–Trinajstić information content (AvgIpc) is 2.60. The summed E-state index contributed by atoms with van der Waals surface area (Å²) in [5.74, 6) is 1.68. The van der Waals surface area contributed by atoms with Crippen molar-refractivity contribution in [2.24, 2.45) is 0 Å². The van der Waals surface area contributed by atoms with Crippen molar-refractivity contribution in [2.75, 3.05) is 19.0 Å². The summed E-state index contributed by atoms with van der Waals surface area (Å²) in [4.78, 5) is 0. The summed E-state index contributed by atoms with van der Waals surface area (Å²) >= 11 is 0. The molecule has 0 radical (unpaired) electrons. The van der Waals surface area contributed by atoms with Crippen LogP contribution in [0.1, 0.15) is 32.7 Å². The van der Waals surface area contributed by atoms with Crippen molar-refractivity contribution in [1.82, 2.24) is 14.8 Å². The third kappa shape index (κ3) is 2.04. The largest absolute Gasteiger partial charge is 0.374 e. The van der Waals surface area contributed by atoms with Gasteiger partial charge < -0.3 is 10.1 Å². The molecular formula is C9H18N4O. The third-order valence-corrected chi connectivity index (χ3v) is 2.15. The van der Waals surface area contributed by atoms with Crippen LogP contribution in [0.5, 0.6) is 0 Å². The number of anilines is 1. The lowest BCUT2D eigenvalue weighted by molar-refractivity contribution is 0.108. The number of rotatable bonds is 5. The van der Waals surface area contributed by atoms with Crippen LogP contribution < -0.4 is 5.32 Å². The fourth-order valence-corrected chi connectivity index (χ4v) is 1.32. The molecule has 5 nitrogen and oxygen atoms in total. The zero-order valence-electron chi connectivity index (χ0n) is 9.24. The zero-order valence-corrected chi connectivity index (χ0v) is 9.24. The maximum Gasteiger partial charge on any atom is 0.224 e. The fourth-order valence-electron chi connectivity index (χ4n) is 1.32. The van der Waals surface area contributed by atoms with E-state index in [0.29, 0.717) is 0 Å². The van der Waals surface area contributed by atoms with Crippen LogP contribution in [0.3, 0.4) is 0 Å². The molecule has 0 aliphatic heterocycles. The van der Waals surface area contributed by atoms with Crippen LogP contribution in [0.15, 0.2) is 0 Å². The highest BCUT2D eigenvalue weighted by atomic mass is 16.5. The molecule has 0 aliphatic carbocycles. The molecule has 0 saturated heterocycles. The number of aromatic nitrogens is 3. The van der Waals surface area contributed by atoms with E-state index in [9.17, 15) is 0 Å². The van der Waals surface area contributed by atoms with Gasteiger partial charge in [-0.15, -0.1) is 10.2 Å². The summed E-state index contributed by atoms with van der Waals surface area (Å²) in [6.45, 7) is 7.76. The van der Waals surface area contributed by atoms with Gasteiger partial charge in [-0.1, -0.05) is 0 Å².